The van der Waals surface area contributed by atoms with E-state index in [-0.39, 0.29) is 22.7 Å². The Bertz CT molecular complexity index is 987. The van der Waals surface area contributed by atoms with Gasteiger partial charge in [-0.3, -0.25) is 19.6 Å². The average molecular weight is 314 g/mol. The Hall–Kier alpha value is -3.16. The molecule has 2 heterocycles. The van der Waals surface area contributed by atoms with E-state index in [9.17, 15) is 20.0 Å². The number of benzene rings is 1. The maximum Gasteiger partial charge on any atom is 0.315 e. The number of rotatable bonds is 3. The highest BCUT2D eigenvalue weighted by Crippen LogP contribution is 2.36. The monoisotopic (exact) mass is 314 g/mol. The van der Waals surface area contributed by atoms with E-state index >= 15 is 0 Å². The first-order valence-electron chi connectivity index (χ1n) is 6.98. The summed E-state index contributed by atoms with van der Waals surface area (Å²) in [5.41, 5.74) is -0.547. The summed E-state index contributed by atoms with van der Waals surface area (Å²) in [6.07, 6.45) is 1.21. The standard InChI is InChI=1S/C15H14N4O4/c1-3-18-10-7-5-4-6-9(10)14(20)12(15(18)21)13-11(19(22)23)8-17(2)16-13/h4-8,20H,3H2,1-2H3. The van der Waals surface area contributed by atoms with Crippen LogP contribution in [0.15, 0.2) is 35.3 Å². The summed E-state index contributed by atoms with van der Waals surface area (Å²) in [7, 11) is 1.52. The lowest BCUT2D eigenvalue weighted by molar-refractivity contribution is -0.384. The highest BCUT2D eigenvalue weighted by atomic mass is 16.6. The molecule has 1 N–H and O–H groups in total. The van der Waals surface area contributed by atoms with Crippen LogP contribution >= 0.6 is 0 Å². The lowest BCUT2D eigenvalue weighted by atomic mass is 10.1. The molecule has 0 fully saturated rings. The fraction of sp³-hybridized carbons (Fsp3) is 0.200. The Labute approximate surface area is 130 Å². The summed E-state index contributed by atoms with van der Waals surface area (Å²) in [6, 6.07) is 6.87. The summed E-state index contributed by atoms with van der Waals surface area (Å²) in [6.45, 7) is 2.16. The molecule has 118 valence electrons. The van der Waals surface area contributed by atoms with E-state index in [1.165, 1.54) is 22.5 Å². The van der Waals surface area contributed by atoms with Gasteiger partial charge >= 0.3 is 5.69 Å². The van der Waals surface area contributed by atoms with Crippen molar-refractivity contribution in [3.05, 3.63) is 50.9 Å². The molecule has 0 aliphatic heterocycles. The molecule has 0 spiro atoms. The lowest BCUT2D eigenvalue weighted by Gasteiger charge is -2.12. The normalized spacial score (nSPS) is 11.0. The van der Waals surface area contributed by atoms with Crippen molar-refractivity contribution in [1.29, 1.82) is 0 Å². The van der Waals surface area contributed by atoms with Gasteiger partial charge in [0.1, 0.15) is 17.5 Å². The Morgan fingerprint density at radius 2 is 2.04 bits per heavy atom. The van der Waals surface area contributed by atoms with Crippen molar-refractivity contribution in [3.8, 4) is 17.0 Å². The van der Waals surface area contributed by atoms with Crippen molar-refractivity contribution in [2.24, 2.45) is 7.05 Å². The van der Waals surface area contributed by atoms with Crippen molar-refractivity contribution in [3.63, 3.8) is 0 Å². The molecule has 0 aliphatic rings. The van der Waals surface area contributed by atoms with E-state index < -0.39 is 10.5 Å². The number of aromatic hydroxyl groups is 1. The second-order valence-electron chi connectivity index (χ2n) is 5.08. The zero-order valence-corrected chi connectivity index (χ0v) is 12.6. The first-order valence-corrected chi connectivity index (χ1v) is 6.98. The van der Waals surface area contributed by atoms with Crippen molar-refractivity contribution in [1.82, 2.24) is 14.3 Å². The van der Waals surface area contributed by atoms with Crippen LogP contribution < -0.4 is 5.56 Å². The average Bonchev–Trinajstić information content (AvgIpc) is 2.90. The number of aryl methyl sites for hydroxylation is 2. The molecule has 0 aliphatic carbocycles. The third kappa shape index (κ3) is 2.15. The van der Waals surface area contributed by atoms with E-state index in [4.69, 9.17) is 0 Å². The van der Waals surface area contributed by atoms with Crippen molar-refractivity contribution in [2.45, 2.75) is 13.5 Å². The maximum atomic E-state index is 12.8. The quantitative estimate of drug-likeness (QED) is 0.588. The predicted molar refractivity (Wildman–Crippen MR) is 84.4 cm³/mol. The number of para-hydroxylation sites is 1. The first kappa shape index (κ1) is 14.8. The van der Waals surface area contributed by atoms with Crippen LogP contribution in [0.5, 0.6) is 5.75 Å². The van der Waals surface area contributed by atoms with E-state index in [0.29, 0.717) is 17.4 Å². The second-order valence-corrected chi connectivity index (χ2v) is 5.08. The molecule has 8 nitrogen and oxygen atoms in total. The van der Waals surface area contributed by atoms with Gasteiger partial charge in [-0.2, -0.15) is 5.10 Å². The maximum absolute atomic E-state index is 12.8. The fourth-order valence-electron chi connectivity index (χ4n) is 2.70. The van der Waals surface area contributed by atoms with Gasteiger partial charge < -0.3 is 9.67 Å². The molecule has 0 saturated carbocycles. The van der Waals surface area contributed by atoms with Crippen LogP contribution in [0.2, 0.25) is 0 Å². The molecule has 2 aromatic heterocycles. The third-order valence-corrected chi connectivity index (χ3v) is 3.70. The molecule has 0 unspecified atom stereocenters. The topological polar surface area (TPSA) is 103 Å². The highest BCUT2D eigenvalue weighted by molar-refractivity contribution is 5.92. The summed E-state index contributed by atoms with van der Waals surface area (Å²) in [5, 5.41) is 26.2. The number of pyridine rings is 1. The molecule has 3 rings (SSSR count). The highest BCUT2D eigenvalue weighted by Gasteiger charge is 2.27. The van der Waals surface area contributed by atoms with Gasteiger partial charge in [-0.05, 0) is 19.1 Å². The van der Waals surface area contributed by atoms with Crippen molar-refractivity contribution >= 4 is 16.6 Å². The van der Waals surface area contributed by atoms with E-state index in [1.807, 2.05) is 0 Å². The van der Waals surface area contributed by atoms with E-state index in [1.54, 1.807) is 31.2 Å². The van der Waals surface area contributed by atoms with Gasteiger partial charge in [0.2, 0.25) is 0 Å². The van der Waals surface area contributed by atoms with Crippen LogP contribution in [-0.4, -0.2) is 24.4 Å². The zero-order chi connectivity index (χ0) is 16.7. The summed E-state index contributed by atoms with van der Waals surface area (Å²) in [4.78, 5) is 23.3. The predicted octanol–water partition coefficient (Wildman–Crippen LogP) is 2.04. The van der Waals surface area contributed by atoms with Gasteiger partial charge in [-0.1, -0.05) is 12.1 Å². The molecule has 0 radical (unpaired) electrons. The minimum absolute atomic E-state index is 0.132. The molecule has 0 saturated heterocycles. The van der Waals surface area contributed by atoms with E-state index in [0.717, 1.165) is 0 Å². The number of hydrogen-bond donors (Lipinski definition) is 1. The molecule has 8 heteroatoms. The zero-order valence-electron chi connectivity index (χ0n) is 12.6. The number of hydrogen-bond acceptors (Lipinski definition) is 5. The number of fused-ring (bicyclic) bond motifs is 1. The Kier molecular flexibility index (Phi) is 3.36. The van der Waals surface area contributed by atoms with Gasteiger partial charge in [0.25, 0.3) is 5.56 Å². The number of nitro groups is 1. The smallest absolute Gasteiger partial charge is 0.315 e. The van der Waals surface area contributed by atoms with Gasteiger partial charge in [0.05, 0.1) is 10.4 Å². The summed E-state index contributed by atoms with van der Waals surface area (Å²) < 4.78 is 2.71. The molecule has 1 aromatic carbocycles. The van der Waals surface area contributed by atoms with Crippen LogP contribution in [0.25, 0.3) is 22.2 Å². The lowest BCUT2D eigenvalue weighted by Crippen LogP contribution is -2.22. The third-order valence-electron chi connectivity index (χ3n) is 3.70. The van der Waals surface area contributed by atoms with Gasteiger partial charge in [0.15, 0.2) is 5.69 Å². The molecule has 3 aromatic rings. The van der Waals surface area contributed by atoms with Gasteiger partial charge in [-0.25, -0.2) is 0 Å². The van der Waals surface area contributed by atoms with E-state index in [2.05, 4.69) is 5.10 Å². The van der Waals surface area contributed by atoms with Gasteiger partial charge in [-0.15, -0.1) is 0 Å². The SMILES string of the molecule is CCn1c(=O)c(-c2nn(C)cc2[N+](=O)[O-])c(O)c2ccccc21. The molecule has 0 atom stereocenters. The van der Waals surface area contributed by atoms with Crippen LogP contribution in [0.1, 0.15) is 6.92 Å². The largest absolute Gasteiger partial charge is 0.506 e. The summed E-state index contributed by atoms with van der Waals surface area (Å²) >= 11 is 0. The van der Waals surface area contributed by atoms with Crippen LogP contribution in [0.3, 0.4) is 0 Å². The molecule has 0 bridgehead atoms. The number of aromatic nitrogens is 3. The van der Waals surface area contributed by atoms with Gasteiger partial charge in [0, 0.05) is 19.0 Å². The Balaban J connectivity index is 2.48. The van der Waals surface area contributed by atoms with Crippen molar-refractivity contribution < 1.29 is 10.0 Å². The summed E-state index contributed by atoms with van der Waals surface area (Å²) in [5.74, 6) is -0.294. The first-order chi connectivity index (χ1) is 11.0. The van der Waals surface area contributed by atoms with Crippen LogP contribution in [0, 0.1) is 10.1 Å². The minimum atomic E-state index is -0.618. The Morgan fingerprint density at radius 3 is 2.70 bits per heavy atom. The number of nitrogens with zero attached hydrogens (tertiary/aromatic N) is 4. The molecule has 23 heavy (non-hydrogen) atoms. The second kappa shape index (κ2) is 5.24. The molecule has 0 amide bonds. The molecular formula is C15H14N4O4. The molecular weight excluding hydrogens is 300 g/mol. The fourth-order valence-corrected chi connectivity index (χ4v) is 2.70. The minimum Gasteiger partial charge on any atom is -0.506 e. The van der Waals surface area contributed by atoms with Crippen molar-refractivity contribution in [2.75, 3.05) is 0 Å². The van der Waals surface area contributed by atoms with Crippen LogP contribution in [-0.2, 0) is 13.6 Å². The Morgan fingerprint density at radius 1 is 1.35 bits per heavy atom. The van der Waals surface area contributed by atoms with Crippen LogP contribution in [0.4, 0.5) is 5.69 Å².